The first kappa shape index (κ1) is 21.7. The lowest BCUT2D eigenvalue weighted by atomic mass is 10.1. The monoisotopic (exact) mass is 448 g/mol. The van der Waals surface area contributed by atoms with Gasteiger partial charge in [0.25, 0.3) is 0 Å². The van der Waals surface area contributed by atoms with E-state index in [2.05, 4.69) is 27.6 Å². The second kappa shape index (κ2) is 10.2. The van der Waals surface area contributed by atoms with Gasteiger partial charge in [0.2, 0.25) is 5.91 Å². The highest BCUT2D eigenvalue weighted by molar-refractivity contribution is 7.99. The van der Waals surface area contributed by atoms with E-state index in [1.54, 1.807) is 0 Å². The summed E-state index contributed by atoms with van der Waals surface area (Å²) in [6, 6.07) is 21.3. The van der Waals surface area contributed by atoms with E-state index in [0.29, 0.717) is 17.6 Å². The Morgan fingerprint density at radius 3 is 2.59 bits per heavy atom. The molecule has 0 saturated heterocycles. The van der Waals surface area contributed by atoms with Gasteiger partial charge in [-0.25, -0.2) is 0 Å². The Hall–Kier alpha value is -3.52. The first-order chi connectivity index (χ1) is 15.6. The van der Waals surface area contributed by atoms with E-state index < -0.39 is 0 Å². The molecule has 0 saturated carbocycles. The van der Waals surface area contributed by atoms with Gasteiger partial charge < -0.3 is 19.4 Å². The van der Waals surface area contributed by atoms with Crippen molar-refractivity contribution in [2.75, 3.05) is 17.7 Å². The maximum Gasteiger partial charge on any atom is 0.234 e. The zero-order chi connectivity index (χ0) is 22.3. The van der Waals surface area contributed by atoms with Crippen molar-refractivity contribution in [3.05, 3.63) is 72.6 Å². The molecule has 4 rings (SSSR count). The molecule has 0 spiro atoms. The van der Waals surface area contributed by atoms with Crippen molar-refractivity contribution in [2.24, 2.45) is 7.05 Å². The molecular formula is C24H24N4O3S. The molecule has 3 aromatic carbocycles. The van der Waals surface area contributed by atoms with Crippen LogP contribution in [0.4, 0.5) is 5.69 Å². The summed E-state index contributed by atoms with van der Waals surface area (Å²) in [6.07, 6.45) is 0. The van der Waals surface area contributed by atoms with Crippen LogP contribution in [0.15, 0.2) is 71.9 Å². The van der Waals surface area contributed by atoms with Crippen molar-refractivity contribution >= 4 is 34.1 Å². The van der Waals surface area contributed by atoms with Crippen molar-refractivity contribution in [3.8, 4) is 11.5 Å². The van der Waals surface area contributed by atoms with Crippen molar-refractivity contribution in [3.63, 3.8) is 0 Å². The first-order valence-corrected chi connectivity index (χ1v) is 11.3. The van der Waals surface area contributed by atoms with E-state index in [0.717, 1.165) is 28.0 Å². The molecule has 1 N–H and O–H groups in total. The van der Waals surface area contributed by atoms with Crippen LogP contribution in [-0.2, 0) is 18.4 Å². The molecule has 32 heavy (non-hydrogen) atoms. The van der Waals surface area contributed by atoms with Crippen LogP contribution in [-0.4, -0.2) is 33.0 Å². The summed E-state index contributed by atoms with van der Waals surface area (Å²) in [4.78, 5) is 12.3. The predicted octanol–water partition coefficient (Wildman–Crippen LogP) is 4.68. The normalized spacial score (nSPS) is 10.8. The minimum atomic E-state index is -0.115. The van der Waals surface area contributed by atoms with Gasteiger partial charge in [-0.1, -0.05) is 48.2 Å². The molecule has 1 aromatic heterocycles. The molecule has 0 aliphatic rings. The fraction of sp³-hybridized carbons (Fsp3) is 0.208. The lowest BCUT2D eigenvalue weighted by molar-refractivity contribution is -0.113. The Morgan fingerprint density at radius 1 is 1.00 bits per heavy atom. The number of carbonyl (C=O) groups is 1. The minimum absolute atomic E-state index is 0.115. The SMILES string of the molecule is CCOc1ccc(NC(=O)CSc2nnc(COc3cccc4ccccc34)n2C)cc1. The van der Waals surface area contributed by atoms with Gasteiger partial charge >= 0.3 is 0 Å². The van der Waals surface area contributed by atoms with Gasteiger partial charge in [0.05, 0.1) is 12.4 Å². The molecule has 0 radical (unpaired) electrons. The van der Waals surface area contributed by atoms with Crippen LogP contribution in [0.25, 0.3) is 10.8 Å². The number of hydrogen-bond acceptors (Lipinski definition) is 6. The average Bonchev–Trinajstić information content (AvgIpc) is 3.17. The lowest BCUT2D eigenvalue weighted by Crippen LogP contribution is -2.14. The Morgan fingerprint density at radius 2 is 1.78 bits per heavy atom. The van der Waals surface area contributed by atoms with Gasteiger partial charge in [0, 0.05) is 18.1 Å². The van der Waals surface area contributed by atoms with Crippen molar-refractivity contribution < 1.29 is 14.3 Å². The standard InChI is InChI=1S/C24H24N4O3S/c1-3-30-19-13-11-18(12-14-19)25-23(29)16-32-24-27-26-22(28(24)2)15-31-21-10-6-8-17-7-4-5-9-20(17)21/h4-14H,3,15-16H2,1-2H3,(H,25,29). The van der Waals surface area contributed by atoms with Gasteiger partial charge in [-0.3, -0.25) is 4.79 Å². The van der Waals surface area contributed by atoms with Crippen molar-refractivity contribution in [1.29, 1.82) is 0 Å². The van der Waals surface area contributed by atoms with E-state index in [1.807, 2.05) is 73.1 Å². The van der Waals surface area contributed by atoms with Crippen LogP contribution < -0.4 is 14.8 Å². The van der Waals surface area contributed by atoms with E-state index in [9.17, 15) is 4.79 Å². The Kier molecular flexibility index (Phi) is 6.91. The van der Waals surface area contributed by atoms with Gasteiger partial charge in [0.1, 0.15) is 18.1 Å². The van der Waals surface area contributed by atoms with E-state index >= 15 is 0 Å². The molecular weight excluding hydrogens is 424 g/mol. The fourth-order valence-corrected chi connectivity index (χ4v) is 3.92. The molecule has 0 unspecified atom stereocenters. The summed E-state index contributed by atoms with van der Waals surface area (Å²) in [6.45, 7) is 2.83. The van der Waals surface area contributed by atoms with Gasteiger partial charge in [-0.15, -0.1) is 10.2 Å². The highest BCUT2D eigenvalue weighted by Crippen LogP contribution is 2.26. The van der Waals surface area contributed by atoms with Gasteiger partial charge in [-0.2, -0.15) is 0 Å². The van der Waals surface area contributed by atoms with Crippen LogP contribution in [0.1, 0.15) is 12.7 Å². The molecule has 0 aliphatic heterocycles. The lowest BCUT2D eigenvalue weighted by Gasteiger charge is -2.09. The minimum Gasteiger partial charge on any atom is -0.494 e. The summed E-state index contributed by atoms with van der Waals surface area (Å²) in [5.41, 5.74) is 0.723. The van der Waals surface area contributed by atoms with Crippen LogP contribution >= 0.6 is 11.8 Å². The highest BCUT2D eigenvalue weighted by atomic mass is 32.2. The molecule has 0 atom stereocenters. The number of aromatic nitrogens is 3. The summed E-state index contributed by atoms with van der Waals surface area (Å²) in [5.74, 6) is 2.37. The zero-order valence-corrected chi connectivity index (χ0v) is 18.8. The quantitative estimate of drug-likeness (QED) is 0.375. The zero-order valence-electron chi connectivity index (χ0n) is 17.9. The molecule has 0 aliphatic carbocycles. The molecule has 1 amide bonds. The van der Waals surface area contributed by atoms with Crippen LogP contribution in [0.3, 0.4) is 0 Å². The fourth-order valence-electron chi connectivity index (χ4n) is 3.19. The highest BCUT2D eigenvalue weighted by Gasteiger charge is 2.13. The summed E-state index contributed by atoms with van der Waals surface area (Å²) in [5, 5.41) is 14.1. The number of thioether (sulfide) groups is 1. The second-order valence-electron chi connectivity index (χ2n) is 7.02. The third-order valence-corrected chi connectivity index (χ3v) is 5.83. The molecule has 4 aromatic rings. The maximum atomic E-state index is 12.3. The number of fused-ring (bicyclic) bond motifs is 1. The number of amides is 1. The van der Waals surface area contributed by atoms with Gasteiger partial charge in [-0.05, 0) is 42.6 Å². The number of anilines is 1. The molecule has 7 nitrogen and oxygen atoms in total. The second-order valence-corrected chi connectivity index (χ2v) is 7.96. The van der Waals surface area contributed by atoms with E-state index in [-0.39, 0.29) is 18.3 Å². The number of nitrogens with one attached hydrogen (secondary N) is 1. The molecule has 0 fully saturated rings. The van der Waals surface area contributed by atoms with Gasteiger partial charge in [0.15, 0.2) is 11.0 Å². The Bertz CT molecular complexity index is 1200. The largest absolute Gasteiger partial charge is 0.494 e. The number of hydrogen-bond donors (Lipinski definition) is 1. The number of rotatable bonds is 9. The first-order valence-electron chi connectivity index (χ1n) is 10.3. The Balaban J connectivity index is 1.32. The summed E-state index contributed by atoms with van der Waals surface area (Å²) >= 11 is 1.33. The van der Waals surface area contributed by atoms with E-state index in [1.165, 1.54) is 11.8 Å². The maximum absolute atomic E-state index is 12.3. The Labute approximate surface area is 190 Å². The average molecular weight is 449 g/mol. The number of carbonyl (C=O) groups excluding carboxylic acids is 1. The number of benzene rings is 3. The third kappa shape index (κ3) is 5.20. The topological polar surface area (TPSA) is 78.3 Å². The van der Waals surface area contributed by atoms with E-state index in [4.69, 9.17) is 9.47 Å². The van der Waals surface area contributed by atoms with Crippen molar-refractivity contribution in [2.45, 2.75) is 18.7 Å². The summed E-state index contributed by atoms with van der Waals surface area (Å²) in [7, 11) is 1.87. The molecule has 8 heteroatoms. The molecule has 1 heterocycles. The third-order valence-electron chi connectivity index (χ3n) is 4.81. The van der Waals surface area contributed by atoms with Crippen LogP contribution in [0.2, 0.25) is 0 Å². The molecule has 0 bridgehead atoms. The van der Waals surface area contributed by atoms with Crippen molar-refractivity contribution in [1.82, 2.24) is 14.8 Å². The smallest absolute Gasteiger partial charge is 0.234 e. The number of ether oxygens (including phenoxy) is 2. The predicted molar refractivity (Wildman–Crippen MR) is 126 cm³/mol. The summed E-state index contributed by atoms with van der Waals surface area (Å²) < 4.78 is 13.3. The van der Waals surface area contributed by atoms with Crippen LogP contribution in [0.5, 0.6) is 11.5 Å². The molecule has 164 valence electrons. The van der Waals surface area contributed by atoms with Crippen LogP contribution in [0, 0.1) is 0 Å². The number of nitrogens with zero attached hydrogens (tertiary/aromatic N) is 3.